The quantitative estimate of drug-likeness (QED) is 0.753. The monoisotopic (exact) mass is 313 g/mol. The Morgan fingerprint density at radius 1 is 1.22 bits per heavy atom. The van der Waals surface area contributed by atoms with Gasteiger partial charge in [-0.1, -0.05) is 23.2 Å². The maximum atomic E-state index is 12.0. The van der Waals surface area contributed by atoms with Crippen molar-refractivity contribution in [2.75, 3.05) is 5.75 Å². The van der Waals surface area contributed by atoms with Crippen LogP contribution in [-0.4, -0.2) is 15.8 Å². The first-order chi connectivity index (χ1) is 8.37. The van der Waals surface area contributed by atoms with Crippen LogP contribution < -0.4 is 0 Å². The summed E-state index contributed by atoms with van der Waals surface area (Å²) in [6, 6.07) is 5.08. The molecule has 2 rings (SSSR count). The molecule has 7 heteroatoms. The number of fused-ring (bicyclic) bond motifs is 1. The number of benzene rings is 1. The highest BCUT2D eigenvalue weighted by Gasteiger charge is 2.27. The van der Waals surface area contributed by atoms with E-state index in [1.807, 2.05) is 0 Å². The van der Waals surface area contributed by atoms with Gasteiger partial charge in [-0.05, 0) is 30.0 Å². The fourth-order valence-electron chi connectivity index (χ4n) is 1.67. The van der Waals surface area contributed by atoms with Crippen LogP contribution in [0.5, 0.6) is 0 Å². The van der Waals surface area contributed by atoms with Crippen LogP contribution in [0.1, 0.15) is 0 Å². The molecular weight excluding hydrogens is 306 g/mol. The second-order valence-electron chi connectivity index (χ2n) is 3.62. The van der Waals surface area contributed by atoms with Gasteiger partial charge in [-0.15, -0.1) is 0 Å². The molecule has 0 bridgehead atoms. The highest BCUT2D eigenvalue weighted by molar-refractivity contribution is 8.00. The van der Waals surface area contributed by atoms with E-state index in [-0.39, 0.29) is 24.1 Å². The average molecular weight is 314 g/mol. The van der Waals surface area contributed by atoms with Crippen LogP contribution in [-0.2, 0) is 6.54 Å². The summed E-state index contributed by atoms with van der Waals surface area (Å²) in [5.74, 6) is -0.0442. The molecule has 1 nitrogen and oxygen atoms in total. The Kier molecular flexibility index (Phi) is 4.04. The van der Waals surface area contributed by atoms with E-state index in [1.165, 1.54) is 0 Å². The third-order valence-corrected chi connectivity index (χ3v) is 3.65. The molecule has 0 radical (unpaired) electrons. The zero-order valence-corrected chi connectivity index (χ0v) is 11.3. The molecule has 0 aliphatic rings. The van der Waals surface area contributed by atoms with Crippen LogP contribution in [0.25, 0.3) is 10.9 Å². The zero-order chi connectivity index (χ0) is 13.3. The van der Waals surface area contributed by atoms with Gasteiger partial charge in [-0.3, -0.25) is 0 Å². The van der Waals surface area contributed by atoms with E-state index >= 15 is 0 Å². The first-order valence-corrected chi connectivity index (χ1v) is 6.75. The largest absolute Gasteiger partial charge is 0.441 e. The summed E-state index contributed by atoms with van der Waals surface area (Å²) in [5.41, 5.74) is -3.45. The molecule has 98 valence electrons. The number of hydrogen-bond acceptors (Lipinski definition) is 1. The first kappa shape index (κ1) is 13.9. The Bertz CT molecular complexity index is 565. The van der Waals surface area contributed by atoms with Crippen molar-refractivity contribution in [2.24, 2.45) is 0 Å². The number of rotatable bonds is 3. The maximum Gasteiger partial charge on any atom is 0.441 e. The highest BCUT2D eigenvalue weighted by atomic mass is 35.5. The van der Waals surface area contributed by atoms with E-state index in [4.69, 9.17) is 23.2 Å². The second-order valence-corrected chi connectivity index (χ2v) is 5.63. The van der Waals surface area contributed by atoms with Crippen molar-refractivity contribution in [1.82, 2.24) is 4.57 Å². The Labute approximate surface area is 116 Å². The van der Waals surface area contributed by atoms with E-state index in [2.05, 4.69) is 0 Å². The number of halogens is 5. The summed E-state index contributed by atoms with van der Waals surface area (Å²) < 4.78 is 37.8. The van der Waals surface area contributed by atoms with Crippen LogP contribution in [0.2, 0.25) is 10.0 Å². The van der Waals surface area contributed by atoms with Gasteiger partial charge in [0.1, 0.15) is 0 Å². The van der Waals surface area contributed by atoms with Gasteiger partial charge in [0.25, 0.3) is 0 Å². The molecule has 0 atom stereocenters. The van der Waals surface area contributed by atoms with Crippen molar-refractivity contribution >= 4 is 45.9 Å². The lowest BCUT2D eigenvalue weighted by atomic mass is 10.2. The number of hydrogen-bond donors (Lipinski definition) is 0. The smallest absolute Gasteiger partial charge is 0.347 e. The molecule has 0 unspecified atom stereocenters. The predicted molar refractivity (Wildman–Crippen MR) is 70.5 cm³/mol. The van der Waals surface area contributed by atoms with E-state index in [9.17, 15) is 13.2 Å². The molecule has 0 fully saturated rings. The van der Waals surface area contributed by atoms with Crippen molar-refractivity contribution in [1.29, 1.82) is 0 Å². The van der Waals surface area contributed by atoms with Crippen LogP contribution in [0, 0.1) is 0 Å². The molecule has 1 heterocycles. The van der Waals surface area contributed by atoms with Crippen molar-refractivity contribution in [3.63, 3.8) is 0 Å². The third-order valence-electron chi connectivity index (χ3n) is 2.40. The van der Waals surface area contributed by atoms with E-state index in [0.29, 0.717) is 10.0 Å². The van der Waals surface area contributed by atoms with Crippen molar-refractivity contribution in [2.45, 2.75) is 12.1 Å². The molecular formula is C11H8Cl2F3NS. The molecule has 1 aromatic carbocycles. The lowest BCUT2D eigenvalue weighted by molar-refractivity contribution is -0.0328. The average Bonchev–Trinajstić information content (AvgIpc) is 2.60. The van der Waals surface area contributed by atoms with E-state index in [1.54, 1.807) is 29.0 Å². The highest BCUT2D eigenvalue weighted by Crippen LogP contribution is 2.32. The van der Waals surface area contributed by atoms with Crippen LogP contribution in [0.15, 0.2) is 24.4 Å². The Morgan fingerprint density at radius 3 is 2.61 bits per heavy atom. The second kappa shape index (κ2) is 5.23. The minimum Gasteiger partial charge on any atom is -0.347 e. The maximum absolute atomic E-state index is 12.0. The van der Waals surface area contributed by atoms with E-state index < -0.39 is 5.51 Å². The lowest BCUT2D eigenvalue weighted by Crippen LogP contribution is -2.06. The molecule has 18 heavy (non-hydrogen) atoms. The molecule has 0 aliphatic heterocycles. The molecule has 0 N–H and O–H groups in total. The number of nitrogens with zero attached hydrogens (tertiary/aromatic N) is 1. The summed E-state index contributed by atoms with van der Waals surface area (Å²) >= 11 is 11.8. The summed E-state index contributed by atoms with van der Waals surface area (Å²) in [6.45, 7) is 0.254. The Morgan fingerprint density at radius 2 is 1.94 bits per heavy atom. The Balaban J connectivity index is 2.19. The minimum absolute atomic E-state index is 0.0380. The molecule has 2 aromatic rings. The van der Waals surface area contributed by atoms with Crippen LogP contribution in [0.4, 0.5) is 13.2 Å². The number of thioether (sulfide) groups is 1. The Hall–Kier alpha value is -0.520. The van der Waals surface area contributed by atoms with Crippen LogP contribution >= 0.6 is 35.0 Å². The standard InChI is InChI=1S/C11H8Cl2F3NS/c12-7-5-9(13)8-1-2-17(10(8)6-7)3-4-18-11(14,15)16/h1-2,5-6H,3-4H2. The lowest BCUT2D eigenvalue weighted by Gasteiger charge is -2.08. The first-order valence-electron chi connectivity index (χ1n) is 5.01. The van der Waals surface area contributed by atoms with Gasteiger partial charge in [-0.25, -0.2) is 0 Å². The van der Waals surface area contributed by atoms with Gasteiger partial charge in [0.2, 0.25) is 0 Å². The number of aryl methyl sites for hydroxylation is 1. The summed E-state index contributed by atoms with van der Waals surface area (Å²) in [7, 11) is 0. The predicted octanol–water partition coefficient (Wildman–Crippen LogP) is 5.20. The fraction of sp³-hybridized carbons (Fsp3) is 0.273. The van der Waals surface area contributed by atoms with Crippen LogP contribution in [0.3, 0.4) is 0 Å². The molecule has 0 aliphatic carbocycles. The third kappa shape index (κ3) is 3.28. The fourth-order valence-corrected chi connectivity index (χ4v) is 2.74. The van der Waals surface area contributed by atoms with Gasteiger partial charge in [-0.2, -0.15) is 13.2 Å². The molecule has 0 amide bonds. The van der Waals surface area contributed by atoms with Crippen molar-refractivity contribution in [3.8, 4) is 0 Å². The van der Waals surface area contributed by atoms with Gasteiger partial charge in [0.15, 0.2) is 0 Å². The normalized spacial score (nSPS) is 12.3. The SMILES string of the molecule is FC(F)(F)SCCn1ccc2c(Cl)cc(Cl)cc21. The van der Waals surface area contributed by atoms with Gasteiger partial charge in [0, 0.05) is 28.9 Å². The number of alkyl halides is 3. The summed E-state index contributed by atoms with van der Waals surface area (Å²) in [6.07, 6.45) is 1.71. The molecule has 0 saturated heterocycles. The molecule has 1 aromatic heterocycles. The topological polar surface area (TPSA) is 4.93 Å². The zero-order valence-electron chi connectivity index (χ0n) is 8.97. The van der Waals surface area contributed by atoms with Crippen molar-refractivity contribution in [3.05, 3.63) is 34.4 Å². The van der Waals surface area contributed by atoms with Gasteiger partial charge < -0.3 is 4.57 Å². The minimum atomic E-state index is -4.20. The summed E-state index contributed by atoms with van der Waals surface area (Å²) in [5, 5.41) is 1.76. The summed E-state index contributed by atoms with van der Waals surface area (Å²) in [4.78, 5) is 0. The molecule has 0 spiro atoms. The number of aromatic nitrogens is 1. The molecule has 0 saturated carbocycles. The van der Waals surface area contributed by atoms with Gasteiger partial charge in [0.05, 0.1) is 10.5 Å². The van der Waals surface area contributed by atoms with Crippen molar-refractivity contribution < 1.29 is 13.2 Å². The van der Waals surface area contributed by atoms with Gasteiger partial charge >= 0.3 is 5.51 Å². The van der Waals surface area contributed by atoms with E-state index in [0.717, 1.165) is 10.9 Å².